The predicted octanol–water partition coefficient (Wildman–Crippen LogP) is 1.48. The number of aliphatic hydroxyl groups is 1. The predicted molar refractivity (Wildman–Crippen MR) is 109 cm³/mol. The Kier molecular flexibility index (Phi) is 6.02. The summed E-state index contributed by atoms with van der Waals surface area (Å²) in [5.41, 5.74) is 1.94. The van der Waals surface area contributed by atoms with Crippen molar-refractivity contribution in [1.82, 2.24) is 15.2 Å². The molecule has 0 spiro atoms. The summed E-state index contributed by atoms with van der Waals surface area (Å²) in [6, 6.07) is 5.57. The highest BCUT2D eigenvalue weighted by Gasteiger charge is 2.39. The second-order valence-corrected chi connectivity index (χ2v) is 8.22. The van der Waals surface area contributed by atoms with Crippen LogP contribution in [0, 0.1) is 0 Å². The summed E-state index contributed by atoms with van der Waals surface area (Å²) in [5, 5.41) is 12.9. The molecule has 1 aliphatic heterocycles. The molecule has 0 unspecified atom stereocenters. The average Bonchev–Trinajstić information content (AvgIpc) is 3.06. The summed E-state index contributed by atoms with van der Waals surface area (Å²) in [4.78, 5) is 42.3. The quantitative estimate of drug-likeness (QED) is 0.648. The van der Waals surface area contributed by atoms with E-state index in [0.29, 0.717) is 0 Å². The van der Waals surface area contributed by atoms with E-state index in [-0.39, 0.29) is 13.0 Å². The van der Waals surface area contributed by atoms with Crippen LogP contribution in [0.15, 0.2) is 24.3 Å². The van der Waals surface area contributed by atoms with Crippen LogP contribution in [0.4, 0.5) is 4.79 Å². The van der Waals surface area contributed by atoms with Crippen LogP contribution >= 0.6 is 0 Å². The number of aliphatic hydroxyl groups excluding tert-OH is 1. The molecule has 162 valence electrons. The number of H-pyrrole nitrogens is 1. The second-order valence-electron chi connectivity index (χ2n) is 8.22. The normalized spacial score (nSPS) is 17.2. The van der Waals surface area contributed by atoms with Gasteiger partial charge >= 0.3 is 12.1 Å². The summed E-state index contributed by atoms with van der Waals surface area (Å²) in [6.07, 6.45) is -0.394. The number of aromatic amines is 1. The summed E-state index contributed by atoms with van der Waals surface area (Å²) < 4.78 is 10.1. The molecule has 2 heterocycles. The van der Waals surface area contributed by atoms with Gasteiger partial charge in [-0.1, -0.05) is 18.2 Å². The van der Waals surface area contributed by atoms with E-state index in [1.54, 1.807) is 20.8 Å². The number of rotatable bonds is 4. The summed E-state index contributed by atoms with van der Waals surface area (Å²) in [5.74, 6) is -1.33. The van der Waals surface area contributed by atoms with Gasteiger partial charge in [-0.15, -0.1) is 0 Å². The van der Waals surface area contributed by atoms with Gasteiger partial charge in [0.2, 0.25) is 5.91 Å². The lowest BCUT2D eigenvalue weighted by atomic mass is 9.96. The lowest BCUT2D eigenvalue weighted by molar-refractivity contribution is -0.147. The lowest BCUT2D eigenvalue weighted by Crippen LogP contribution is -2.57. The number of hydrogen-bond donors (Lipinski definition) is 3. The van der Waals surface area contributed by atoms with Crippen LogP contribution in [0.1, 0.15) is 32.0 Å². The van der Waals surface area contributed by atoms with Crippen LogP contribution in [-0.4, -0.2) is 64.4 Å². The Labute approximate surface area is 174 Å². The summed E-state index contributed by atoms with van der Waals surface area (Å²) in [7, 11) is 1.17. The van der Waals surface area contributed by atoms with Gasteiger partial charge in [0.15, 0.2) is 6.04 Å². The number of fused-ring (bicyclic) bond motifs is 3. The van der Waals surface area contributed by atoms with Crippen molar-refractivity contribution in [2.45, 2.75) is 51.4 Å². The Morgan fingerprint density at radius 2 is 2.00 bits per heavy atom. The third-order valence-electron chi connectivity index (χ3n) is 4.92. The van der Waals surface area contributed by atoms with E-state index >= 15 is 0 Å². The number of nitrogens with one attached hydrogen (secondary N) is 2. The molecule has 1 aromatic heterocycles. The van der Waals surface area contributed by atoms with E-state index in [1.807, 2.05) is 24.3 Å². The molecule has 0 fully saturated rings. The van der Waals surface area contributed by atoms with Crippen molar-refractivity contribution in [2.75, 3.05) is 13.7 Å². The van der Waals surface area contributed by atoms with Crippen molar-refractivity contribution >= 4 is 28.9 Å². The molecule has 3 N–H and O–H groups in total. The van der Waals surface area contributed by atoms with Crippen molar-refractivity contribution in [1.29, 1.82) is 0 Å². The zero-order chi connectivity index (χ0) is 22.1. The molecule has 9 heteroatoms. The molecule has 30 heavy (non-hydrogen) atoms. The molecule has 2 atom stereocenters. The van der Waals surface area contributed by atoms with Gasteiger partial charge in [-0.25, -0.2) is 9.59 Å². The maximum atomic E-state index is 13.0. The number of benzene rings is 1. The van der Waals surface area contributed by atoms with Gasteiger partial charge in [-0.2, -0.15) is 0 Å². The van der Waals surface area contributed by atoms with E-state index in [9.17, 15) is 19.5 Å². The molecule has 2 aromatic rings. The van der Waals surface area contributed by atoms with Gasteiger partial charge in [0, 0.05) is 23.0 Å². The van der Waals surface area contributed by atoms with Gasteiger partial charge in [0.05, 0.1) is 20.3 Å². The average molecular weight is 417 g/mol. The number of para-hydroxylation sites is 1. The maximum Gasteiger partial charge on any atom is 0.411 e. The Bertz CT molecular complexity index is 961. The van der Waals surface area contributed by atoms with E-state index in [4.69, 9.17) is 4.74 Å². The first-order chi connectivity index (χ1) is 14.1. The Balaban J connectivity index is 1.94. The highest BCUT2D eigenvalue weighted by atomic mass is 16.6. The minimum absolute atomic E-state index is 0.152. The van der Waals surface area contributed by atoms with Gasteiger partial charge in [-0.3, -0.25) is 9.69 Å². The number of aromatic nitrogens is 1. The number of ether oxygens (including phenoxy) is 2. The smallest absolute Gasteiger partial charge is 0.411 e. The molecule has 0 bridgehead atoms. The molecule has 0 radical (unpaired) electrons. The zero-order valence-corrected chi connectivity index (χ0v) is 17.5. The highest BCUT2D eigenvalue weighted by Crippen LogP contribution is 2.31. The number of nitrogens with zero attached hydrogens (tertiary/aromatic N) is 1. The molecule has 2 amide bonds. The Morgan fingerprint density at radius 1 is 1.30 bits per heavy atom. The number of methoxy groups -OCH3 is 1. The first-order valence-corrected chi connectivity index (χ1v) is 9.71. The van der Waals surface area contributed by atoms with Crippen LogP contribution in [0.25, 0.3) is 10.9 Å². The van der Waals surface area contributed by atoms with E-state index in [1.165, 1.54) is 12.0 Å². The van der Waals surface area contributed by atoms with Gasteiger partial charge in [0.1, 0.15) is 11.6 Å². The number of carbonyl (C=O) groups excluding carboxylic acids is 3. The van der Waals surface area contributed by atoms with Crippen molar-refractivity contribution < 1.29 is 29.0 Å². The Hall–Kier alpha value is -3.07. The molecular formula is C21H27N3O6. The first kappa shape index (κ1) is 21.6. The molecule has 0 aliphatic carbocycles. The summed E-state index contributed by atoms with van der Waals surface area (Å²) in [6.45, 7) is 4.78. The number of carbonyl (C=O) groups is 3. The van der Waals surface area contributed by atoms with Crippen LogP contribution in [0.3, 0.4) is 0 Å². The van der Waals surface area contributed by atoms with Crippen LogP contribution in [-0.2, 0) is 32.0 Å². The minimum atomic E-state index is -1.22. The van der Waals surface area contributed by atoms with Crippen molar-refractivity contribution in [3.8, 4) is 0 Å². The van der Waals surface area contributed by atoms with E-state index in [0.717, 1.165) is 22.2 Å². The van der Waals surface area contributed by atoms with Gasteiger partial charge in [0.25, 0.3) is 0 Å². The highest BCUT2D eigenvalue weighted by molar-refractivity contribution is 5.92. The third kappa shape index (κ3) is 4.40. The molecule has 0 saturated carbocycles. The molecule has 1 aliphatic rings. The first-order valence-electron chi connectivity index (χ1n) is 9.71. The standard InChI is InChI=1S/C21H27N3O6/c1-21(2,3)30-20(28)24-10-15-13(12-7-5-6-8-14(12)22-15)9-17(24)18(26)23-16(11-25)19(27)29-4/h5-8,16-17,22,25H,9-11H2,1-4H3,(H,23,26)/t16-,17-/m0/s1. The minimum Gasteiger partial charge on any atom is -0.467 e. The second kappa shape index (κ2) is 8.35. The zero-order valence-electron chi connectivity index (χ0n) is 17.5. The van der Waals surface area contributed by atoms with E-state index in [2.05, 4.69) is 15.0 Å². The largest absolute Gasteiger partial charge is 0.467 e. The monoisotopic (exact) mass is 417 g/mol. The maximum absolute atomic E-state index is 13.0. The van der Waals surface area contributed by atoms with Crippen LogP contribution in [0.2, 0.25) is 0 Å². The third-order valence-corrected chi connectivity index (χ3v) is 4.92. The number of hydrogen-bond acceptors (Lipinski definition) is 6. The molecule has 9 nitrogen and oxygen atoms in total. The molecule has 0 saturated heterocycles. The number of amides is 2. The topological polar surface area (TPSA) is 121 Å². The van der Waals surface area contributed by atoms with Crippen molar-refractivity contribution in [2.24, 2.45) is 0 Å². The lowest BCUT2D eigenvalue weighted by Gasteiger charge is -2.36. The number of esters is 1. The van der Waals surface area contributed by atoms with E-state index < -0.39 is 42.3 Å². The van der Waals surface area contributed by atoms with Gasteiger partial charge in [-0.05, 0) is 32.4 Å². The summed E-state index contributed by atoms with van der Waals surface area (Å²) >= 11 is 0. The molecule has 3 rings (SSSR count). The van der Waals surface area contributed by atoms with Crippen LogP contribution in [0.5, 0.6) is 0 Å². The molecule has 1 aromatic carbocycles. The fourth-order valence-corrected chi connectivity index (χ4v) is 3.54. The van der Waals surface area contributed by atoms with Crippen molar-refractivity contribution in [3.05, 3.63) is 35.5 Å². The Morgan fingerprint density at radius 3 is 2.63 bits per heavy atom. The fourth-order valence-electron chi connectivity index (χ4n) is 3.54. The van der Waals surface area contributed by atoms with Gasteiger partial charge < -0.3 is 24.9 Å². The fraction of sp³-hybridized carbons (Fsp3) is 0.476. The van der Waals surface area contributed by atoms with Crippen LogP contribution < -0.4 is 5.32 Å². The SMILES string of the molecule is COC(=O)[C@H](CO)NC(=O)[C@@H]1Cc2c([nH]c3ccccc23)CN1C(=O)OC(C)(C)C. The molecular weight excluding hydrogens is 390 g/mol. The van der Waals surface area contributed by atoms with Crippen molar-refractivity contribution in [3.63, 3.8) is 0 Å².